The fourth-order valence-electron chi connectivity index (χ4n) is 4.03. The summed E-state index contributed by atoms with van der Waals surface area (Å²) in [5.41, 5.74) is 4.70. The normalized spacial score (nSPS) is 16.7. The molecule has 0 aliphatic carbocycles. The predicted molar refractivity (Wildman–Crippen MR) is 127 cm³/mol. The van der Waals surface area contributed by atoms with Crippen molar-refractivity contribution in [3.8, 4) is 5.95 Å². The molecule has 0 saturated carbocycles. The first-order chi connectivity index (χ1) is 15.8. The van der Waals surface area contributed by atoms with E-state index in [-0.39, 0.29) is 6.04 Å². The Balaban J connectivity index is 1.55. The van der Waals surface area contributed by atoms with Gasteiger partial charge in [-0.1, -0.05) is 12.1 Å². The number of nitrogens with one attached hydrogen (secondary N) is 1. The lowest BCUT2D eigenvalue weighted by molar-refractivity contribution is 0.0987. The summed E-state index contributed by atoms with van der Waals surface area (Å²) < 4.78 is 8.69. The van der Waals surface area contributed by atoms with Gasteiger partial charge in [-0.2, -0.15) is 4.98 Å². The maximum Gasteiger partial charge on any atom is 0.238 e. The number of para-hydroxylation sites is 2. The van der Waals surface area contributed by atoms with Crippen LogP contribution in [0, 0.1) is 0 Å². The van der Waals surface area contributed by atoms with E-state index in [0.717, 1.165) is 45.0 Å². The van der Waals surface area contributed by atoms with E-state index in [2.05, 4.69) is 32.5 Å². The molecule has 160 valence electrons. The summed E-state index contributed by atoms with van der Waals surface area (Å²) in [6.07, 6.45) is 5.34. The van der Waals surface area contributed by atoms with Crippen molar-refractivity contribution in [2.45, 2.75) is 13.0 Å². The van der Waals surface area contributed by atoms with Crippen molar-refractivity contribution >= 4 is 49.8 Å². The molecule has 1 atom stereocenters. The number of pyridine rings is 1. The molecule has 5 heterocycles. The van der Waals surface area contributed by atoms with Gasteiger partial charge in [-0.15, -0.1) is 11.3 Å². The molecule has 1 fully saturated rings. The minimum absolute atomic E-state index is 0.230. The van der Waals surface area contributed by atoms with Gasteiger partial charge in [-0.05, 0) is 31.2 Å². The molecule has 0 bridgehead atoms. The molecule has 9 heteroatoms. The number of hydrogen-bond acceptors (Lipinski definition) is 8. The number of morpholine rings is 1. The lowest BCUT2D eigenvalue weighted by atomic mass is 10.2. The highest BCUT2D eigenvalue weighted by atomic mass is 32.1. The van der Waals surface area contributed by atoms with Crippen molar-refractivity contribution < 1.29 is 4.74 Å². The molecule has 6 rings (SSSR count). The Kier molecular flexibility index (Phi) is 4.70. The molecule has 1 aliphatic heterocycles. The Hall–Kier alpha value is -3.56. The molecule has 0 unspecified atom stereocenters. The van der Waals surface area contributed by atoms with Crippen molar-refractivity contribution in [3.63, 3.8) is 0 Å². The first-order valence-electron chi connectivity index (χ1n) is 10.5. The van der Waals surface area contributed by atoms with Crippen LogP contribution in [0.3, 0.4) is 0 Å². The monoisotopic (exact) mass is 443 g/mol. The van der Waals surface area contributed by atoms with Crippen molar-refractivity contribution in [2.75, 3.05) is 30.0 Å². The number of imidazole rings is 1. The first kappa shape index (κ1) is 19.1. The summed E-state index contributed by atoms with van der Waals surface area (Å²) in [5, 5.41) is 5.59. The summed E-state index contributed by atoms with van der Waals surface area (Å²) in [6.45, 7) is 4.33. The SMILES string of the molecule is C[C@@H]1COCCN1c1nc(-n2cnc3ccccc32)nc2c(Nc3ccncc3)csc12. The van der Waals surface area contributed by atoms with E-state index in [0.29, 0.717) is 19.2 Å². The third kappa shape index (κ3) is 3.26. The molecule has 8 nitrogen and oxygen atoms in total. The number of nitrogens with zero attached hydrogens (tertiary/aromatic N) is 6. The van der Waals surface area contributed by atoms with E-state index in [1.54, 1.807) is 30.1 Å². The summed E-state index contributed by atoms with van der Waals surface area (Å²) in [5.74, 6) is 1.54. The number of anilines is 3. The van der Waals surface area contributed by atoms with Crippen LogP contribution in [0.15, 0.2) is 60.5 Å². The van der Waals surface area contributed by atoms with Gasteiger partial charge in [0.25, 0.3) is 0 Å². The van der Waals surface area contributed by atoms with Gasteiger partial charge in [-0.25, -0.2) is 9.97 Å². The van der Waals surface area contributed by atoms with Gasteiger partial charge in [0.1, 0.15) is 11.8 Å². The van der Waals surface area contributed by atoms with Crippen molar-refractivity contribution in [1.82, 2.24) is 24.5 Å². The number of thiophene rings is 1. The van der Waals surface area contributed by atoms with Gasteiger partial charge in [-0.3, -0.25) is 9.55 Å². The average molecular weight is 444 g/mol. The second-order valence-electron chi connectivity index (χ2n) is 7.76. The number of benzene rings is 1. The number of ether oxygens (including phenoxy) is 1. The molecule has 1 aromatic carbocycles. The zero-order valence-corrected chi connectivity index (χ0v) is 18.3. The van der Waals surface area contributed by atoms with Crippen LogP contribution in [-0.4, -0.2) is 50.3 Å². The molecule has 1 N–H and O–H groups in total. The largest absolute Gasteiger partial charge is 0.377 e. The minimum atomic E-state index is 0.230. The molecule has 0 spiro atoms. The highest BCUT2D eigenvalue weighted by molar-refractivity contribution is 7.18. The fraction of sp³-hybridized carbons (Fsp3) is 0.217. The third-order valence-corrected chi connectivity index (χ3v) is 6.62. The van der Waals surface area contributed by atoms with E-state index in [1.165, 1.54) is 0 Å². The number of fused-ring (bicyclic) bond motifs is 2. The Morgan fingerprint density at radius 3 is 2.88 bits per heavy atom. The van der Waals surface area contributed by atoms with Crippen LogP contribution >= 0.6 is 11.3 Å². The summed E-state index contributed by atoms with van der Waals surface area (Å²) >= 11 is 1.65. The average Bonchev–Trinajstić information content (AvgIpc) is 3.44. The van der Waals surface area contributed by atoms with Gasteiger partial charge in [0.2, 0.25) is 5.95 Å². The zero-order chi connectivity index (χ0) is 21.5. The molecule has 5 aromatic rings. The molecular formula is C23H21N7OS. The maximum atomic E-state index is 5.67. The Morgan fingerprint density at radius 2 is 2.00 bits per heavy atom. The summed E-state index contributed by atoms with van der Waals surface area (Å²) in [7, 11) is 0. The van der Waals surface area contributed by atoms with Crippen molar-refractivity contribution in [1.29, 1.82) is 0 Å². The standard InChI is InChI=1S/C23H21N7OS/c1-15-12-31-11-10-29(15)22-21-20(18(13-32-21)26-16-6-8-24-9-7-16)27-23(28-22)30-14-25-17-4-2-3-5-19(17)30/h2-9,13-15H,10-12H2,1H3,(H,24,26)/t15-/m1/s1. The summed E-state index contributed by atoms with van der Waals surface area (Å²) in [6, 6.07) is 12.1. The smallest absolute Gasteiger partial charge is 0.238 e. The van der Waals surface area contributed by atoms with E-state index in [9.17, 15) is 0 Å². The van der Waals surface area contributed by atoms with Gasteiger partial charge in [0.15, 0.2) is 5.82 Å². The number of rotatable bonds is 4. The third-order valence-electron chi connectivity index (χ3n) is 5.65. The van der Waals surface area contributed by atoms with Crippen LogP contribution in [0.2, 0.25) is 0 Å². The van der Waals surface area contributed by atoms with Gasteiger partial charge in [0.05, 0.1) is 40.7 Å². The van der Waals surface area contributed by atoms with Crippen LogP contribution in [-0.2, 0) is 4.74 Å². The summed E-state index contributed by atoms with van der Waals surface area (Å²) in [4.78, 5) is 21.0. The van der Waals surface area contributed by atoms with Crippen molar-refractivity contribution in [2.24, 2.45) is 0 Å². The van der Waals surface area contributed by atoms with E-state index in [1.807, 2.05) is 41.0 Å². The molecule has 0 amide bonds. The Bertz CT molecular complexity index is 1400. The van der Waals surface area contributed by atoms with Crippen LogP contribution in [0.1, 0.15) is 6.92 Å². The maximum absolute atomic E-state index is 5.67. The highest BCUT2D eigenvalue weighted by Gasteiger charge is 2.25. The van der Waals surface area contributed by atoms with Crippen LogP contribution in [0.25, 0.3) is 27.2 Å². The van der Waals surface area contributed by atoms with E-state index < -0.39 is 0 Å². The van der Waals surface area contributed by atoms with Gasteiger partial charge in [0, 0.05) is 30.0 Å². The Labute approximate surface area is 188 Å². The lowest BCUT2D eigenvalue weighted by Crippen LogP contribution is -2.44. The quantitative estimate of drug-likeness (QED) is 0.441. The second-order valence-corrected chi connectivity index (χ2v) is 8.64. The Morgan fingerprint density at radius 1 is 1.12 bits per heavy atom. The van der Waals surface area contributed by atoms with Gasteiger partial charge >= 0.3 is 0 Å². The molecule has 32 heavy (non-hydrogen) atoms. The van der Waals surface area contributed by atoms with Crippen LogP contribution < -0.4 is 10.2 Å². The van der Waals surface area contributed by atoms with Crippen LogP contribution in [0.5, 0.6) is 0 Å². The first-order valence-corrected chi connectivity index (χ1v) is 11.4. The molecule has 1 aliphatic rings. The zero-order valence-electron chi connectivity index (χ0n) is 17.5. The second kappa shape index (κ2) is 7.85. The van der Waals surface area contributed by atoms with Gasteiger partial charge < -0.3 is 15.0 Å². The fourth-order valence-corrected chi connectivity index (χ4v) is 4.98. The molecule has 1 saturated heterocycles. The molecule has 0 radical (unpaired) electrons. The van der Waals surface area contributed by atoms with E-state index >= 15 is 0 Å². The highest BCUT2D eigenvalue weighted by Crippen LogP contribution is 2.38. The topological polar surface area (TPSA) is 81.0 Å². The van der Waals surface area contributed by atoms with Crippen LogP contribution in [0.4, 0.5) is 17.2 Å². The number of hydrogen-bond donors (Lipinski definition) is 1. The predicted octanol–water partition coefficient (Wildman–Crippen LogP) is 4.39. The minimum Gasteiger partial charge on any atom is -0.377 e. The molecule has 4 aromatic heterocycles. The van der Waals surface area contributed by atoms with E-state index in [4.69, 9.17) is 14.7 Å². The lowest BCUT2D eigenvalue weighted by Gasteiger charge is -2.34. The number of aromatic nitrogens is 5. The molecular weight excluding hydrogens is 422 g/mol. The van der Waals surface area contributed by atoms with Crippen molar-refractivity contribution in [3.05, 3.63) is 60.5 Å².